The van der Waals surface area contributed by atoms with E-state index < -0.39 is 0 Å². The molecule has 0 amide bonds. The summed E-state index contributed by atoms with van der Waals surface area (Å²) in [4.78, 5) is 11.8. The van der Waals surface area contributed by atoms with E-state index in [1.54, 1.807) is 0 Å². The smallest absolute Gasteiger partial charge is 0.155 e. The first-order chi connectivity index (χ1) is 11.0. The Labute approximate surface area is 140 Å². The Balaban J connectivity index is 1.68. The summed E-state index contributed by atoms with van der Waals surface area (Å²) in [7, 11) is 0. The van der Waals surface area contributed by atoms with Crippen LogP contribution in [0.2, 0.25) is 0 Å². The molecule has 0 aliphatic heterocycles. The summed E-state index contributed by atoms with van der Waals surface area (Å²) in [6.45, 7) is 7.62. The molecule has 3 fully saturated rings. The molecule has 0 bridgehead atoms. The van der Waals surface area contributed by atoms with Gasteiger partial charge in [-0.1, -0.05) is 26.3 Å². The van der Waals surface area contributed by atoms with Crippen molar-refractivity contribution in [2.45, 2.75) is 59.3 Å². The molecule has 2 heteroatoms. The van der Waals surface area contributed by atoms with E-state index in [4.69, 9.17) is 0 Å². The van der Waals surface area contributed by atoms with Gasteiger partial charge < -0.3 is 5.11 Å². The van der Waals surface area contributed by atoms with Crippen molar-refractivity contribution in [1.29, 1.82) is 0 Å². The normalized spacial score (nSPS) is 52.4. The van der Waals surface area contributed by atoms with Gasteiger partial charge in [-0.05, 0) is 85.0 Å². The van der Waals surface area contributed by atoms with E-state index in [0.29, 0.717) is 41.5 Å². The van der Waals surface area contributed by atoms with Crippen molar-refractivity contribution in [1.82, 2.24) is 0 Å². The van der Waals surface area contributed by atoms with Crippen molar-refractivity contribution < 1.29 is 9.90 Å². The fourth-order valence-electron chi connectivity index (χ4n) is 7.45. The molecule has 4 rings (SSSR count). The predicted octanol–water partition coefficient (Wildman–Crippen LogP) is 4.23. The molecule has 0 aromatic rings. The SMILES string of the molecule is CC1C[C@H]2[C@@H]3C(C)CC4=CC(=O)CC[C@@H]4[C@H]3CC[C@]2(C)C1CO. The zero-order valence-corrected chi connectivity index (χ0v) is 14.9. The van der Waals surface area contributed by atoms with Gasteiger partial charge in [0.05, 0.1) is 0 Å². The number of carbonyl (C=O) groups is 1. The van der Waals surface area contributed by atoms with Crippen molar-refractivity contribution in [2.75, 3.05) is 6.61 Å². The monoisotopic (exact) mass is 316 g/mol. The summed E-state index contributed by atoms with van der Waals surface area (Å²) >= 11 is 0. The lowest BCUT2D eigenvalue weighted by Crippen LogP contribution is -2.49. The maximum atomic E-state index is 11.8. The molecular weight excluding hydrogens is 284 g/mol. The largest absolute Gasteiger partial charge is 0.396 e. The third-order valence-corrected chi connectivity index (χ3v) is 8.43. The van der Waals surface area contributed by atoms with Gasteiger partial charge in [0.2, 0.25) is 0 Å². The van der Waals surface area contributed by atoms with Crippen molar-refractivity contribution in [3.63, 3.8) is 0 Å². The zero-order valence-electron chi connectivity index (χ0n) is 14.9. The molecule has 23 heavy (non-hydrogen) atoms. The molecule has 0 heterocycles. The minimum atomic E-state index is 0.343. The maximum Gasteiger partial charge on any atom is 0.155 e. The van der Waals surface area contributed by atoms with Gasteiger partial charge >= 0.3 is 0 Å². The summed E-state index contributed by atoms with van der Waals surface area (Å²) in [6.07, 6.45) is 8.90. The third kappa shape index (κ3) is 2.20. The quantitative estimate of drug-likeness (QED) is 0.786. The number of fused-ring (bicyclic) bond motifs is 5. The average molecular weight is 316 g/mol. The number of ketones is 1. The van der Waals surface area contributed by atoms with E-state index in [1.807, 2.05) is 6.08 Å². The number of allylic oxidation sites excluding steroid dienone is 1. The van der Waals surface area contributed by atoms with Gasteiger partial charge in [0.25, 0.3) is 0 Å². The van der Waals surface area contributed by atoms with Gasteiger partial charge in [0.1, 0.15) is 0 Å². The first-order valence-corrected chi connectivity index (χ1v) is 9.80. The van der Waals surface area contributed by atoms with Crippen molar-refractivity contribution in [3.8, 4) is 0 Å². The number of aliphatic hydroxyl groups is 1. The molecule has 3 saturated carbocycles. The second kappa shape index (κ2) is 5.44. The Morgan fingerprint density at radius 1 is 1.26 bits per heavy atom. The van der Waals surface area contributed by atoms with Gasteiger partial charge in [0, 0.05) is 13.0 Å². The van der Waals surface area contributed by atoms with Crippen LogP contribution >= 0.6 is 0 Å². The number of carbonyl (C=O) groups excluding carboxylic acids is 1. The fourth-order valence-corrected chi connectivity index (χ4v) is 7.45. The topological polar surface area (TPSA) is 37.3 Å². The highest BCUT2D eigenvalue weighted by atomic mass is 16.3. The summed E-state index contributed by atoms with van der Waals surface area (Å²) in [6, 6.07) is 0. The van der Waals surface area contributed by atoms with Crippen molar-refractivity contribution in [3.05, 3.63) is 11.6 Å². The highest BCUT2D eigenvalue weighted by molar-refractivity contribution is 5.91. The molecule has 4 aliphatic rings. The first-order valence-electron chi connectivity index (χ1n) is 9.80. The van der Waals surface area contributed by atoms with Gasteiger partial charge in [-0.15, -0.1) is 0 Å². The second-order valence-electron chi connectivity index (χ2n) is 9.41. The van der Waals surface area contributed by atoms with Gasteiger partial charge in [-0.2, -0.15) is 0 Å². The molecule has 1 N–H and O–H groups in total. The van der Waals surface area contributed by atoms with Crippen LogP contribution in [0.25, 0.3) is 0 Å². The highest BCUT2D eigenvalue weighted by Gasteiger charge is 2.59. The third-order valence-electron chi connectivity index (χ3n) is 8.43. The van der Waals surface area contributed by atoms with E-state index in [1.165, 1.54) is 24.8 Å². The molecule has 128 valence electrons. The zero-order chi connectivity index (χ0) is 16.4. The molecule has 0 aromatic carbocycles. The summed E-state index contributed by atoms with van der Waals surface area (Å²) in [5, 5.41) is 9.97. The predicted molar refractivity (Wildman–Crippen MR) is 91.8 cm³/mol. The van der Waals surface area contributed by atoms with Gasteiger partial charge in [-0.25, -0.2) is 0 Å². The van der Waals surface area contributed by atoms with Crippen LogP contribution in [0.4, 0.5) is 0 Å². The van der Waals surface area contributed by atoms with Crippen LogP contribution in [-0.2, 0) is 4.79 Å². The average Bonchev–Trinajstić information content (AvgIpc) is 2.76. The van der Waals surface area contributed by atoms with Crippen molar-refractivity contribution in [2.24, 2.45) is 46.8 Å². The fraction of sp³-hybridized carbons (Fsp3) is 0.857. The molecule has 0 saturated heterocycles. The van der Waals surface area contributed by atoms with Crippen LogP contribution < -0.4 is 0 Å². The van der Waals surface area contributed by atoms with Crippen LogP contribution in [0.5, 0.6) is 0 Å². The summed E-state index contributed by atoms with van der Waals surface area (Å²) in [5.74, 6) is 5.27. The second-order valence-corrected chi connectivity index (χ2v) is 9.41. The van der Waals surface area contributed by atoms with E-state index in [-0.39, 0.29) is 0 Å². The van der Waals surface area contributed by atoms with Crippen LogP contribution in [0.1, 0.15) is 59.3 Å². The van der Waals surface area contributed by atoms with Gasteiger partial charge in [0.15, 0.2) is 5.78 Å². The standard InChI is InChI=1S/C21H32O2/c1-12-9-18-20-13(2)8-14-10-15(23)4-5-16(14)17(20)6-7-21(18,3)19(12)11-22/h10,12-13,16-20,22H,4-9,11H2,1-3H3/t12?,13?,16-,17+,18-,19?,20+,21-/m0/s1. The van der Waals surface area contributed by atoms with Crippen LogP contribution in [-0.4, -0.2) is 17.5 Å². The molecule has 0 spiro atoms. The lowest BCUT2D eigenvalue weighted by atomic mass is 9.49. The molecule has 3 unspecified atom stereocenters. The number of hydrogen-bond donors (Lipinski definition) is 1. The molecule has 8 atom stereocenters. The Bertz CT molecular complexity index is 536. The summed E-state index contributed by atoms with van der Waals surface area (Å²) < 4.78 is 0. The van der Waals surface area contributed by atoms with E-state index in [2.05, 4.69) is 20.8 Å². The summed E-state index contributed by atoms with van der Waals surface area (Å²) in [5.41, 5.74) is 1.82. The lowest BCUT2D eigenvalue weighted by molar-refractivity contribution is -0.116. The highest BCUT2D eigenvalue weighted by Crippen LogP contribution is 2.65. The molecule has 0 aromatic heterocycles. The van der Waals surface area contributed by atoms with Crippen LogP contribution in [0.15, 0.2) is 11.6 Å². The Hall–Kier alpha value is -0.630. The van der Waals surface area contributed by atoms with E-state index in [9.17, 15) is 9.90 Å². The van der Waals surface area contributed by atoms with Crippen molar-refractivity contribution >= 4 is 5.78 Å². The van der Waals surface area contributed by atoms with Crippen LogP contribution in [0, 0.1) is 46.8 Å². The first kappa shape index (κ1) is 15.9. The number of hydrogen-bond acceptors (Lipinski definition) is 2. The van der Waals surface area contributed by atoms with Crippen LogP contribution in [0.3, 0.4) is 0 Å². The minimum absolute atomic E-state index is 0.343. The number of rotatable bonds is 1. The minimum Gasteiger partial charge on any atom is -0.396 e. The number of aliphatic hydroxyl groups excluding tert-OH is 1. The molecule has 2 nitrogen and oxygen atoms in total. The Kier molecular flexibility index (Phi) is 3.75. The van der Waals surface area contributed by atoms with E-state index in [0.717, 1.165) is 37.0 Å². The van der Waals surface area contributed by atoms with Gasteiger partial charge in [-0.3, -0.25) is 4.79 Å². The molecular formula is C21H32O2. The van der Waals surface area contributed by atoms with E-state index >= 15 is 0 Å². The molecule has 0 radical (unpaired) electrons. The Morgan fingerprint density at radius 2 is 2.04 bits per heavy atom. The lowest BCUT2D eigenvalue weighted by Gasteiger charge is -2.56. The maximum absolute atomic E-state index is 11.8. The Morgan fingerprint density at radius 3 is 2.78 bits per heavy atom. The molecule has 4 aliphatic carbocycles.